The number of aromatic nitrogens is 2. The topological polar surface area (TPSA) is 102 Å². The van der Waals surface area contributed by atoms with Gasteiger partial charge in [-0.2, -0.15) is 4.31 Å². The molecule has 1 aromatic carbocycles. The first kappa shape index (κ1) is 27.2. The standard InChI is InChI=1S/C26H32N4O5S2/c1-18-13-21(34-4)14-19(2)26(18)37(32,33)29(3)11-12-35-17-25(31)30-10-7-22-23(16-30)36-24(28-22)15-20-5-8-27-9-6-20/h5-6,8-9,13-14H,7,10-12,15-17H2,1-4H3. The molecule has 1 aliphatic rings. The number of sulfonamides is 1. The number of pyridine rings is 1. The van der Waals surface area contributed by atoms with E-state index >= 15 is 0 Å². The number of fused-ring (bicyclic) bond motifs is 1. The van der Waals surface area contributed by atoms with E-state index in [1.807, 2.05) is 12.1 Å². The quantitative estimate of drug-likeness (QED) is 0.362. The van der Waals surface area contributed by atoms with Crippen molar-refractivity contribution in [3.63, 3.8) is 0 Å². The van der Waals surface area contributed by atoms with Crippen LogP contribution in [0.1, 0.15) is 32.3 Å². The average Bonchev–Trinajstić information content (AvgIpc) is 3.27. The fraction of sp³-hybridized carbons (Fsp3) is 0.423. The average molecular weight is 545 g/mol. The van der Waals surface area contributed by atoms with Gasteiger partial charge in [-0.1, -0.05) is 0 Å². The van der Waals surface area contributed by atoms with E-state index in [1.165, 1.54) is 11.4 Å². The lowest BCUT2D eigenvalue weighted by molar-refractivity contribution is -0.137. The van der Waals surface area contributed by atoms with Gasteiger partial charge in [0.25, 0.3) is 0 Å². The highest BCUT2D eigenvalue weighted by Gasteiger charge is 2.26. The lowest BCUT2D eigenvalue weighted by atomic mass is 10.1. The summed E-state index contributed by atoms with van der Waals surface area (Å²) in [6, 6.07) is 7.38. The number of ether oxygens (including phenoxy) is 2. The van der Waals surface area contributed by atoms with Crippen LogP contribution in [-0.2, 0) is 38.9 Å². The summed E-state index contributed by atoms with van der Waals surface area (Å²) in [7, 11) is -0.640. The van der Waals surface area contributed by atoms with E-state index in [9.17, 15) is 13.2 Å². The molecule has 9 nitrogen and oxygen atoms in total. The van der Waals surface area contributed by atoms with Crippen molar-refractivity contribution in [3.05, 3.63) is 68.9 Å². The van der Waals surface area contributed by atoms with Gasteiger partial charge in [0.1, 0.15) is 12.4 Å². The maximum absolute atomic E-state index is 13.1. The predicted octanol–water partition coefficient (Wildman–Crippen LogP) is 2.98. The van der Waals surface area contributed by atoms with Gasteiger partial charge in [0.2, 0.25) is 15.9 Å². The summed E-state index contributed by atoms with van der Waals surface area (Å²) in [6.07, 6.45) is 5.02. The normalized spacial score (nSPS) is 13.6. The molecule has 0 bridgehead atoms. The summed E-state index contributed by atoms with van der Waals surface area (Å²) >= 11 is 1.64. The van der Waals surface area contributed by atoms with E-state index < -0.39 is 10.0 Å². The first-order valence-corrected chi connectivity index (χ1v) is 14.3. The van der Waals surface area contributed by atoms with E-state index in [4.69, 9.17) is 14.5 Å². The third-order valence-corrected chi connectivity index (χ3v) is 9.59. The first-order chi connectivity index (χ1) is 17.7. The highest BCUT2D eigenvalue weighted by Crippen LogP contribution is 2.28. The fourth-order valence-corrected chi connectivity index (χ4v) is 7.09. The number of thiazole rings is 1. The van der Waals surface area contributed by atoms with Gasteiger partial charge >= 0.3 is 0 Å². The molecule has 3 aromatic rings. The van der Waals surface area contributed by atoms with Crippen molar-refractivity contribution >= 4 is 27.3 Å². The molecule has 0 saturated heterocycles. The number of aryl methyl sites for hydroxylation is 2. The first-order valence-electron chi connectivity index (χ1n) is 12.0. The zero-order valence-corrected chi connectivity index (χ0v) is 23.2. The van der Waals surface area contributed by atoms with Crippen molar-refractivity contribution < 1.29 is 22.7 Å². The highest BCUT2D eigenvalue weighted by molar-refractivity contribution is 7.89. The Hall–Kier alpha value is -2.86. The maximum Gasteiger partial charge on any atom is 0.248 e. The van der Waals surface area contributed by atoms with E-state index in [0.717, 1.165) is 34.0 Å². The molecule has 198 valence electrons. The summed E-state index contributed by atoms with van der Waals surface area (Å²) in [6.45, 7) is 4.78. The molecule has 0 spiro atoms. The zero-order chi connectivity index (χ0) is 26.6. The molecule has 0 atom stereocenters. The Morgan fingerprint density at radius 1 is 1.19 bits per heavy atom. The van der Waals surface area contributed by atoms with E-state index in [2.05, 4.69) is 4.98 Å². The van der Waals surface area contributed by atoms with E-state index in [0.29, 0.717) is 30.0 Å². The smallest absolute Gasteiger partial charge is 0.248 e. The van der Waals surface area contributed by atoms with Crippen molar-refractivity contribution in [1.29, 1.82) is 0 Å². The van der Waals surface area contributed by atoms with Crippen LogP contribution >= 0.6 is 11.3 Å². The molecule has 0 radical (unpaired) electrons. The second-order valence-electron chi connectivity index (χ2n) is 9.04. The van der Waals surface area contributed by atoms with E-state index in [-0.39, 0.29) is 30.6 Å². The Morgan fingerprint density at radius 3 is 2.57 bits per heavy atom. The van der Waals surface area contributed by atoms with Crippen LogP contribution in [0.2, 0.25) is 0 Å². The number of benzene rings is 1. The van der Waals surface area contributed by atoms with Gasteiger partial charge in [-0.05, 0) is 54.8 Å². The molecule has 0 fully saturated rings. The maximum atomic E-state index is 13.1. The van der Waals surface area contributed by atoms with Crippen molar-refractivity contribution in [2.24, 2.45) is 0 Å². The highest BCUT2D eigenvalue weighted by atomic mass is 32.2. The number of methoxy groups -OCH3 is 1. The summed E-state index contributed by atoms with van der Waals surface area (Å²) < 4.78 is 38.3. The molecular formula is C26H32N4O5S2. The molecule has 0 N–H and O–H groups in total. The minimum atomic E-state index is -3.71. The van der Waals surface area contributed by atoms with Crippen LogP contribution in [-0.4, -0.2) is 74.0 Å². The van der Waals surface area contributed by atoms with Gasteiger partial charge in [-0.3, -0.25) is 9.78 Å². The summed E-state index contributed by atoms with van der Waals surface area (Å²) in [5.74, 6) is 0.508. The second kappa shape index (κ2) is 11.7. The number of rotatable bonds is 10. The zero-order valence-electron chi connectivity index (χ0n) is 21.6. The van der Waals surface area contributed by atoms with Gasteiger partial charge in [-0.15, -0.1) is 11.3 Å². The SMILES string of the molecule is COc1cc(C)c(S(=O)(=O)N(C)CCOCC(=O)N2CCc3nc(Cc4ccncc4)sc3C2)c(C)c1. The van der Waals surface area contributed by atoms with Crippen LogP contribution in [0.15, 0.2) is 41.6 Å². The van der Waals surface area contributed by atoms with Crippen LogP contribution < -0.4 is 4.74 Å². The Morgan fingerprint density at radius 2 is 1.89 bits per heavy atom. The van der Waals surface area contributed by atoms with Gasteiger partial charge in [0.15, 0.2) is 0 Å². The minimum absolute atomic E-state index is 0.0908. The molecule has 1 aliphatic heterocycles. The Balaban J connectivity index is 1.27. The molecule has 37 heavy (non-hydrogen) atoms. The lowest BCUT2D eigenvalue weighted by Gasteiger charge is -2.26. The minimum Gasteiger partial charge on any atom is -0.497 e. The third-order valence-electron chi connectivity index (χ3n) is 6.35. The molecule has 4 rings (SSSR count). The molecule has 3 heterocycles. The predicted molar refractivity (Wildman–Crippen MR) is 141 cm³/mol. The van der Waals surface area contributed by atoms with E-state index in [1.54, 1.807) is 61.7 Å². The van der Waals surface area contributed by atoms with Gasteiger partial charge < -0.3 is 14.4 Å². The number of hydrogen-bond acceptors (Lipinski definition) is 8. The van der Waals surface area contributed by atoms with Crippen LogP contribution in [0, 0.1) is 13.8 Å². The van der Waals surface area contributed by atoms with Crippen molar-refractivity contribution in [2.75, 3.05) is 40.5 Å². The third kappa shape index (κ3) is 6.35. The summed E-state index contributed by atoms with van der Waals surface area (Å²) in [4.78, 5) is 24.7. The molecule has 1 amide bonds. The largest absolute Gasteiger partial charge is 0.497 e. The summed E-state index contributed by atoms with van der Waals surface area (Å²) in [5.41, 5.74) is 3.47. The number of carbonyl (C=O) groups is 1. The van der Waals surface area contributed by atoms with Crippen molar-refractivity contribution in [2.45, 2.75) is 38.1 Å². The Bertz CT molecular complexity index is 1340. The molecule has 0 aliphatic carbocycles. The van der Waals surface area contributed by atoms with Crippen LogP contribution in [0.5, 0.6) is 5.75 Å². The number of amides is 1. The lowest BCUT2D eigenvalue weighted by Crippen LogP contribution is -2.38. The molecule has 0 unspecified atom stereocenters. The molecule has 2 aromatic heterocycles. The van der Waals surface area contributed by atoms with Gasteiger partial charge in [-0.25, -0.2) is 13.4 Å². The van der Waals surface area contributed by atoms with Gasteiger partial charge in [0.05, 0.1) is 35.9 Å². The monoisotopic (exact) mass is 544 g/mol. The molecule has 11 heteroatoms. The second-order valence-corrected chi connectivity index (χ2v) is 12.2. The number of hydrogen-bond donors (Lipinski definition) is 0. The van der Waals surface area contributed by atoms with Crippen LogP contribution in [0.25, 0.3) is 0 Å². The van der Waals surface area contributed by atoms with Crippen LogP contribution in [0.3, 0.4) is 0 Å². The van der Waals surface area contributed by atoms with Crippen LogP contribution in [0.4, 0.5) is 0 Å². The number of nitrogens with zero attached hydrogens (tertiary/aromatic N) is 4. The van der Waals surface area contributed by atoms with Crippen molar-refractivity contribution in [1.82, 2.24) is 19.2 Å². The summed E-state index contributed by atoms with van der Waals surface area (Å²) in [5, 5.41) is 1.04. The fourth-order valence-electron chi connectivity index (χ4n) is 4.37. The Kier molecular flexibility index (Phi) is 8.58. The Labute approximate surface area is 222 Å². The molecule has 0 saturated carbocycles. The van der Waals surface area contributed by atoms with Crippen molar-refractivity contribution in [3.8, 4) is 5.75 Å². The van der Waals surface area contributed by atoms with Gasteiger partial charge in [0, 0.05) is 50.2 Å². The molecular weight excluding hydrogens is 512 g/mol. The number of carbonyl (C=O) groups excluding carboxylic acids is 1. The number of likely N-dealkylation sites (N-methyl/N-ethyl adjacent to an activating group) is 1.